The highest BCUT2D eigenvalue weighted by molar-refractivity contribution is 5.76. The number of nitrogens with one attached hydrogen (secondary N) is 1. The third kappa shape index (κ3) is 46.9. The van der Waals surface area contributed by atoms with Crippen molar-refractivity contribution in [1.82, 2.24) is 5.32 Å². The zero-order valence-electron chi connectivity index (χ0n) is 50.3. The number of amides is 1. The Hall–Kier alpha value is -3.41. The Morgan fingerprint density at radius 1 is 0.443 bits per heavy atom. The van der Waals surface area contributed by atoms with E-state index >= 15 is 0 Å². The number of carbonyl (C=O) groups is 1. The van der Waals surface area contributed by atoms with Crippen molar-refractivity contribution in [2.45, 2.75) is 301 Å². The van der Waals surface area contributed by atoms with E-state index in [9.17, 15) is 30.3 Å². The Morgan fingerprint density at radius 2 is 0.797 bits per heavy atom. The van der Waals surface area contributed by atoms with Crippen LogP contribution in [-0.2, 0) is 14.3 Å². The van der Waals surface area contributed by atoms with Crippen LogP contribution < -0.4 is 5.32 Å². The lowest BCUT2D eigenvalue weighted by Crippen LogP contribution is -2.60. The number of rotatable bonds is 54. The van der Waals surface area contributed by atoms with E-state index in [4.69, 9.17) is 9.47 Å². The topological polar surface area (TPSA) is 149 Å². The van der Waals surface area contributed by atoms with Crippen molar-refractivity contribution in [3.63, 3.8) is 0 Å². The fourth-order valence-corrected chi connectivity index (χ4v) is 9.48. The minimum atomic E-state index is -1.58. The molecule has 0 spiro atoms. The Labute approximate surface area is 484 Å². The van der Waals surface area contributed by atoms with Gasteiger partial charge in [-0.1, -0.05) is 277 Å². The zero-order valence-corrected chi connectivity index (χ0v) is 50.3. The molecule has 0 aromatic rings. The van der Waals surface area contributed by atoms with Gasteiger partial charge in [-0.3, -0.25) is 4.79 Å². The minimum Gasteiger partial charge on any atom is -0.394 e. The average molecular weight is 1100 g/mol. The van der Waals surface area contributed by atoms with Crippen molar-refractivity contribution in [3.8, 4) is 0 Å². The molecule has 1 aliphatic rings. The van der Waals surface area contributed by atoms with Gasteiger partial charge in [-0.2, -0.15) is 0 Å². The molecule has 1 rings (SSSR count). The van der Waals surface area contributed by atoms with E-state index in [1.54, 1.807) is 6.08 Å². The summed E-state index contributed by atoms with van der Waals surface area (Å²) in [4.78, 5) is 13.1. The molecule has 0 aliphatic carbocycles. The molecule has 9 nitrogen and oxygen atoms in total. The third-order valence-electron chi connectivity index (χ3n) is 14.5. The maximum Gasteiger partial charge on any atom is 0.220 e. The predicted molar refractivity (Wildman–Crippen MR) is 336 cm³/mol. The molecule has 452 valence electrons. The fraction of sp³-hybridized carbons (Fsp3) is 0.700. The zero-order chi connectivity index (χ0) is 57.2. The second kappa shape index (κ2) is 57.8. The predicted octanol–water partition coefficient (Wildman–Crippen LogP) is 17.1. The number of aliphatic hydroxyl groups is 5. The summed E-state index contributed by atoms with van der Waals surface area (Å²) in [5.74, 6) is -0.190. The van der Waals surface area contributed by atoms with Crippen LogP contribution in [0.5, 0.6) is 0 Å². The highest BCUT2D eigenvalue weighted by Crippen LogP contribution is 2.23. The summed E-state index contributed by atoms with van der Waals surface area (Å²) >= 11 is 0. The number of unbranched alkanes of at least 4 members (excludes halogenated alkanes) is 26. The highest BCUT2D eigenvalue weighted by atomic mass is 16.7. The van der Waals surface area contributed by atoms with Crippen LogP contribution in [0.2, 0.25) is 0 Å². The molecule has 0 aromatic carbocycles. The van der Waals surface area contributed by atoms with Crippen molar-refractivity contribution in [3.05, 3.63) is 122 Å². The first-order valence-corrected chi connectivity index (χ1v) is 32.3. The number of carbonyl (C=O) groups excluding carboxylic acids is 1. The van der Waals surface area contributed by atoms with Crippen LogP contribution in [0.1, 0.15) is 258 Å². The van der Waals surface area contributed by atoms with Crippen LogP contribution in [0.3, 0.4) is 0 Å². The minimum absolute atomic E-state index is 0.190. The lowest BCUT2D eigenvalue weighted by Gasteiger charge is -2.40. The van der Waals surface area contributed by atoms with Crippen molar-refractivity contribution < 1.29 is 39.8 Å². The Morgan fingerprint density at radius 3 is 1.22 bits per heavy atom. The monoisotopic (exact) mass is 1100 g/mol. The van der Waals surface area contributed by atoms with Crippen LogP contribution in [0.25, 0.3) is 0 Å². The van der Waals surface area contributed by atoms with Gasteiger partial charge in [0.15, 0.2) is 6.29 Å². The maximum absolute atomic E-state index is 13.1. The van der Waals surface area contributed by atoms with Crippen LogP contribution in [0.15, 0.2) is 122 Å². The first-order valence-electron chi connectivity index (χ1n) is 32.3. The summed E-state index contributed by atoms with van der Waals surface area (Å²) in [6, 6.07) is -0.829. The third-order valence-corrected chi connectivity index (χ3v) is 14.5. The summed E-state index contributed by atoms with van der Waals surface area (Å²) in [5.41, 5.74) is 0. The second-order valence-electron chi connectivity index (χ2n) is 21.8. The van der Waals surface area contributed by atoms with Gasteiger partial charge in [-0.05, 0) is 96.3 Å². The van der Waals surface area contributed by atoms with Crippen LogP contribution in [0, 0.1) is 0 Å². The van der Waals surface area contributed by atoms with Crippen LogP contribution in [-0.4, -0.2) is 87.5 Å². The molecule has 1 aliphatic heterocycles. The van der Waals surface area contributed by atoms with Gasteiger partial charge in [0, 0.05) is 6.42 Å². The van der Waals surface area contributed by atoms with Gasteiger partial charge in [0.2, 0.25) is 5.91 Å². The van der Waals surface area contributed by atoms with Gasteiger partial charge in [0.25, 0.3) is 0 Å². The van der Waals surface area contributed by atoms with Gasteiger partial charge >= 0.3 is 0 Å². The van der Waals surface area contributed by atoms with Gasteiger partial charge < -0.3 is 40.3 Å². The molecule has 6 N–H and O–H groups in total. The van der Waals surface area contributed by atoms with E-state index in [1.807, 2.05) is 6.08 Å². The first kappa shape index (κ1) is 73.6. The summed E-state index contributed by atoms with van der Waals surface area (Å²) in [6.07, 6.45) is 80.0. The molecule has 1 heterocycles. The lowest BCUT2D eigenvalue weighted by molar-refractivity contribution is -0.302. The molecular formula is C70H119NO8. The van der Waals surface area contributed by atoms with Gasteiger partial charge in [-0.25, -0.2) is 0 Å². The van der Waals surface area contributed by atoms with E-state index in [-0.39, 0.29) is 12.5 Å². The average Bonchev–Trinajstić information content (AvgIpc) is 3.48. The lowest BCUT2D eigenvalue weighted by atomic mass is 9.99. The van der Waals surface area contributed by atoms with Crippen molar-refractivity contribution >= 4 is 5.91 Å². The quantitative estimate of drug-likeness (QED) is 0.0261. The molecule has 7 unspecified atom stereocenters. The Bertz CT molecular complexity index is 1660. The summed E-state index contributed by atoms with van der Waals surface area (Å²) < 4.78 is 11.3. The van der Waals surface area contributed by atoms with E-state index in [2.05, 4.69) is 129 Å². The molecule has 7 atom stereocenters. The smallest absolute Gasteiger partial charge is 0.220 e. The summed E-state index contributed by atoms with van der Waals surface area (Å²) in [6.45, 7) is 3.65. The number of allylic oxidation sites excluding steroid dienone is 19. The van der Waals surface area contributed by atoms with Gasteiger partial charge in [0.05, 0.1) is 25.4 Å². The van der Waals surface area contributed by atoms with Gasteiger partial charge in [0.1, 0.15) is 24.4 Å². The number of hydrogen-bond donors (Lipinski definition) is 6. The number of aliphatic hydroxyl groups excluding tert-OH is 5. The number of hydrogen-bond acceptors (Lipinski definition) is 8. The van der Waals surface area contributed by atoms with Crippen molar-refractivity contribution in [1.29, 1.82) is 0 Å². The van der Waals surface area contributed by atoms with Crippen molar-refractivity contribution in [2.75, 3.05) is 13.2 Å². The van der Waals surface area contributed by atoms with Gasteiger partial charge in [-0.15, -0.1) is 0 Å². The Balaban J connectivity index is 2.14. The van der Waals surface area contributed by atoms with Crippen molar-refractivity contribution in [2.24, 2.45) is 0 Å². The molecule has 9 heteroatoms. The molecule has 1 fully saturated rings. The first-order chi connectivity index (χ1) is 38.8. The molecule has 0 saturated carbocycles. The number of ether oxygens (including phenoxy) is 2. The molecule has 0 radical (unpaired) electrons. The second-order valence-corrected chi connectivity index (χ2v) is 21.8. The maximum atomic E-state index is 13.1. The van der Waals surface area contributed by atoms with E-state index in [0.29, 0.717) is 6.42 Å². The molecule has 0 bridgehead atoms. The largest absolute Gasteiger partial charge is 0.394 e. The van der Waals surface area contributed by atoms with Crippen LogP contribution in [0.4, 0.5) is 0 Å². The highest BCUT2D eigenvalue weighted by Gasteiger charge is 2.44. The van der Waals surface area contributed by atoms with Crippen LogP contribution >= 0.6 is 0 Å². The Kier molecular flexibility index (Phi) is 53.9. The van der Waals surface area contributed by atoms with E-state index < -0.39 is 49.5 Å². The summed E-state index contributed by atoms with van der Waals surface area (Å²) in [5, 5.41) is 54.6. The normalized spacial score (nSPS) is 19.4. The SMILES string of the molecule is CC/C=C\C/C=C\C/C=C\C/C=C\C/C=C\C/C=C\C/C=C\C/C=C\CCCCCCCCCCCCCCCCC(=O)NC(COC1OC(CO)C(O)C(O)C1O)C(O)/C=C/CC/C=C/CCCCCCCCCCCCC. The van der Waals surface area contributed by atoms with E-state index in [0.717, 1.165) is 89.9 Å². The molecular weight excluding hydrogens is 983 g/mol. The molecule has 0 aromatic heterocycles. The fourth-order valence-electron chi connectivity index (χ4n) is 9.48. The molecule has 1 saturated heterocycles. The standard InChI is InChI=1S/C70H119NO8/c1-3-5-7-9-11-13-15-17-19-21-22-23-24-25-26-27-28-29-30-31-32-33-34-35-36-37-38-39-40-41-42-44-46-48-50-52-54-56-58-60-66(74)71-63(62-78-70-69(77)68(76)67(75)65(61-72)79-70)64(73)59-57-55-53-51-49-47-45-43-20-18-16-14-12-10-8-6-4-2/h5,7,11,13,17,19,22-23,25-26,28-29,31-32,34-35,49,51,57,59,63-65,67-70,72-73,75-77H,3-4,6,8-10,12,14-16,18,20-21,24,27,30,33,36-48,50,52-56,58,60-62H2,1-2H3,(H,71,74)/b7-5-,13-11-,19-17-,23-22-,26-25-,29-28-,32-31-,35-34-,51-49+,59-57+. The summed E-state index contributed by atoms with van der Waals surface area (Å²) in [7, 11) is 0. The molecule has 1 amide bonds. The van der Waals surface area contributed by atoms with E-state index in [1.165, 1.54) is 148 Å². The molecule has 79 heavy (non-hydrogen) atoms.